The second kappa shape index (κ2) is 8.19. The van der Waals surface area contributed by atoms with Crippen LogP contribution in [0.4, 0.5) is 5.69 Å². The first-order valence-corrected chi connectivity index (χ1v) is 9.17. The summed E-state index contributed by atoms with van der Waals surface area (Å²) in [4.78, 5) is 23.1. The van der Waals surface area contributed by atoms with E-state index in [-0.39, 0.29) is 23.7 Å². The van der Waals surface area contributed by atoms with E-state index < -0.39 is 22.6 Å². The zero-order valence-corrected chi connectivity index (χ0v) is 16.3. The van der Waals surface area contributed by atoms with Gasteiger partial charge in [0, 0.05) is 0 Å². The maximum Gasteiger partial charge on any atom is 0.323 e. The molecule has 0 unspecified atom stereocenters. The summed E-state index contributed by atoms with van der Waals surface area (Å²) in [5.41, 5.74) is 1.85. The standard InChI is InChI=1S/C21H17N3O7/c1-29-20-15(25)7-6-14(19(20)24(27)28)10-22-23-21(26)18-11-30-16-8-12-4-2-3-5-13(12)9-17(16)31-18/h2-10,18,25H,11H2,1H3,(H,23,26)/b22-10+/t18-/m0/s1. The number of ether oxygens (including phenoxy) is 3. The van der Waals surface area contributed by atoms with Crippen molar-refractivity contribution in [1.82, 2.24) is 5.43 Å². The highest BCUT2D eigenvalue weighted by molar-refractivity contribution is 5.90. The van der Waals surface area contributed by atoms with Gasteiger partial charge in [0.05, 0.1) is 23.8 Å². The summed E-state index contributed by atoms with van der Waals surface area (Å²) in [5, 5.41) is 26.8. The molecule has 10 heteroatoms. The van der Waals surface area contributed by atoms with Crippen LogP contribution in [0.25, 0.3) is 10.8 Å². The minimum Gasteiger partial charge on any atom is -0.504 e. The predicted molar refractivity (Wildman–Crippen MR) is 111 cm³/mol. The van der Waals surface area contributed by atoms with Gasteiger partial charge in [0.1, 0.15) is 6.61 Å². The SMILES string of the molecule is COc1c(O)ccc(/C=N/NC(=O)[C@@H]2COc3cc4ccccc4cc3O2)c1[N+](=O)[O-]. The molecule has 3 aromatic carbocycles. The van der Waals surface area contributed by atoms with Crippen LogP contribution in [-0.4, -0.2) is 42.0 Å². The van der Waals surface area contributed by atoms with E-state index in [2.05, 4.69) is 10.5 Å². The number of methoxy groups -OCH3 is 1. The highest BCUT2D eigenvalue weighted by Crippen LogP contribution is 2.38. The summed E-state index contributed by atoms with van der Waals surface area (Å²) in [7, 11) is 1.20. The van der Waals surface area contributed by atoms with Crippen LogP contribution in [0, 0.1) is 10.1 Å². The number of nitrogens with one attached hydrogen (secondary N) is 1. The van der Waals surface area contributed by atoms with Crippen molar-refractivity contribution < 1.29 is 29.0 Å². The molecule has 1 aliphatic rings. The zero-order valence-electron chi connectivity index (χ0n) is 16.3. The van der Waals surface area contributed by atoms with Crippen LogP contribution >= 0.6 is 0 Å². The maximum atomic E-state index is 12.4. The predicted octanol–water partition coefficient (Wildman–Crippen LogP) is 2.75. The molecule has 1 amide bonds. The molecule has 0 saturated heterocycles. The number of amides is 1. The molecule has 31 heavy (non-hydrogen) atoms. The Morgan fingerprint density at radius 3 is 2.65 bits per heavy atom. The van der Waals surface area contributed by atoms with E-state index in [0.717, 1.165) is 17.0 Å². The van der Waals surface area contributed by atoms with E-state index >= 15 is 0 Å². The van der Waals surface area contributed by atoms with Gasteiger partial charge in [-0.15, -0.1) is 0 Å². The molecule has 0 spiro atoms. The van der Waals surface area contributed by atoms with Crippen molar-refractivity contribution in [3.05, 3.63) is 64.2 Å². The third-order valence-corrected chi connectivity index (χ3v) is 4.67. The first kappa shape index (κ1) is 20.0. The molecule has 1 heterocycles. The number of phenolic OH excluding ortho intramolecular Hbond substituents is 1. The van der Waals surface area contributed by atoms with Gasteiger partial charge in [0.15, 0.2) is 17.2 Å². The van der Waals surface area contributed by atoms with Crippen molar-refractivity contribution in [2.24, 2.45) is 5.10 Å². The number of nitro groups is 1. The van der Waals surface area contributed by atoms with Gasteiger partial charge in [0.25, 0.3) is 5.91 Å². The fraction of sp³-hybridized carbons (Fsp3) is 0.143. The van der Waals surface area contributed by atoms with Crippen LogP contribution < -0.4 is 19.6 Å². The second-order valence-electron chi connectivity index (χ2n) is 6.61. The molecule has 4 rings (SSSR count). The summed E-state index contributed by atoms with van der Waals surface area (Å²) in [5.74, 6) is -0.281. The minimum absolute atomic E-state index is 0.0140. The third kappa shape index (κ3) is 3.90. The van der Waals surface area contributed by atoms with E-state index in [0.29, 0.717) is 11.5 Å². The summed E-state index contributed by atoms with van der Waals surface area (Å²) in [6.45, 7) is -0.0140. The molecular formula is C21H17N3O7. The molecule has 1 atom stereocenters. The van der Waals surface area contributed by atoms with Gasteiger partial charge in [-0.3, -0.25) is 14.9 Å². The summed E-state index contributed by atoms with van der Waals surface area (Å²) >= 11 is 0. The largest absolute Gasteiger partial charge is 0.504 e. The highest BCUT2D eigenvalue weighted by atomic mass is 16.6. The van der Waals surface area contributed by atoms with Gasteiger partial charge in [0.2, 0.25) is 11.9 Å². The van der Waals surface area contributed by atoms with Crippen molar-refractivity contribution in [1.29, 1.82) is 0 Å². The summed E-state index contributed by atoms with van der Waals surface area (Å²) in [6, 6.07) is 13.8. The fourth-order valence-electron chi connectivity index (χ4n) is 3.19. The fourth-order valence-corrected chi connectivity index (χ4v) is 3.19. The van der Waals surface area contributed by atoms with E-state index in [1.165, 1.54) is 19.2 Å². The first-order chi connectivity index (χ1) is 15.0. The monoisotopic (exact) mass is 423 g/mol. The number of rotatable bonds is 5. The Bertz CT molecular complexity index is 1210. The molecule has 0 aromatic heterocycles. The van der Waals surface area contributed by atoms with Crippen molar-refractivity contribution in [2.75, 3.05) is 13.7 Å². The maximum absolute atomic E-state index is 12.4. The number of aromatic hydroxyl groups is 1. The van der Waals surface area contributed by atoms with E-state index in [4.69, 9.17) is 14.2 Å². The van der Waals surface area contributed by atoms with Crippen LogP contribution in [0.15, 0.2) is 53.6 Å². The number of carbonyl (C=O) groups excluding carboxylic acids is 1. The molecule has 3 aromatic rings. The molecule has 2 N–H and O–H groups in total. The molecule has 0 saturated carbocycles. The van der Waals surface area contributed by atoms with E-state index in [1.54, 1.807) is 6.07 Å². The molecule has 0 aliphatic carbocycles. The van der Waals surface area contributed by atoms with Crippen molar-refractivity contribution in [2.45, 2.75) is 6.10 Å². The van der Waals surface area contributed by atoms with Gasteiger partial charge >= 0.3 is 5.69 Å². The Balaban J connectivity index is 1.48. The van der Waals surface area contributed by atoms with Crippen molar-refractivity contribution in [3.8, 4) is 23.0 Å². The van der Waals surface area contributed by atoms with Crippen LogP contribution in [-0.2, 0) is 4.79 Å². The second-order valence-corrected chi connectivity index (χ2v) is 6.61. The number of benzene rings is 3. The lowest BCUT2D eigenvalue weighted by Crippen LogP contribution is -2.42. The lowest BCUT2D eigenvalue weighted by molar-refractivity contribution is -0.386. The average molecular weight is 423 g/mol. The summed E-state index contributed by atoms with van der Waals surface area (Å²) < 4.78 is 16.3. The molecule has 10 nitrogen and oxygen atoms in total. The molecule has 0 bridgehead atoms. The van der Waals surface area contributed by atoms with Crippen LogP contribution in [0.5, 0.6) is 23.0 Å². The number of hydrogen-bond acceptors (Lipinski definition) is 8. The highest BCUT2D eigenvalue weighted by Gasteiger charge is 2.28. The summed E-state index contributed by atoms with van der Waals surface area (Å²) in [6.07, 6.45) is 0.138. The van der Waals surface area contributed by atoms with Crippen LogP contribution in [0.2, 0.25) is 0 Å². The van der Waals surface area contributed by atoms with E-state index in [9.17, 15) is 20.0 Å². The average Bonchev–Trinajstić information content (AvgIpc) is 2.77. The van der Waals surface area contributed by atoms with Crippen LogP contribution in [0.1, 0.15) is 5.56 Å². The number of carbonyl (C=O) groups is 1. The number of hydrazone groups is 1. The molecule has 158 valence electrons. The Morgan fingerprint density at radius 2 is 1.97 bits per heavy atom. The molecule has 0 fully saturated rings. The topological polar surface area (TPSA) is 133 Å². The minimum atomic E-state index is -0.949. The molecular weight excluding hydrogens is 406 g/mol. The first-order valence-electron chi connectivity index (χ1n) is 9.17. The number of phenols is 1. The lowest BCUT2D eigenvalue weighted by atomic mass is 10.1. The number of nitrogens with zero attached hydrogens (tertiary/aromatic N) is 2. The normalized spacial score (nSPS) is 15.1. The third-order valence-electron chi connectivity index (χ3n) is 4.67. The Labute approximate surface area is 175 Å². The van der Waals surface area contributed by atoms with E-state index in [1.807, 2.05) is 30.3 Å². The van der Waals surface area contributed by atoms with Gasteiger partial charge in [-0.2, -0.15) is 5.10 Å². The van der Waals surface area contributed by atoms with Crippen molar-refractivity contribution in [3.63, 3.8) is 0 Å². The molecule has 0 radical (unpaired) electrons. The Hall–Kier alpha value is -4.34. The van der Waals surface area contributed by atoms with Crippen molar-refractivity contribution >= 4 is 28.6 Å². The smallest absolute Gasteiger partial charge is 0.323 e. The van der Waals surface area contributed by atoms with Gasteiger partial charge in [-0.1, -0.05) is 24.3 Å². The Morgan fingerprint density at radius 1 is 1.26 bits per heavy atom. The zero-order chi connectivity index (χ0) is 22.0. The number of hydrogen-bond donors (Lipinski definition) is 2. The Kier molecular flexibility index (Phi) is 5.27. The lowest BCUT2D eigenvalue weighted by Gasteiger charge is -2.25. The number of fused-ring (bicyclic) bond motifs is 2. The van der Waals surface area contributed by atoms with Gasteiger partial charge in [-0.05, 0) is 35.0 Å². The quantitative estimate of drug-likeness (QED) is 0.366. The number of nitro benzene ring substituents is 1. The van der Waals surface area contributed by atoms with Crippen LogP contribution in [0.3, 0.4) is 0 Å². The molecule has 1 aliphatic heterocycles. The van der Waals surface area contributed by atoms with Gasteiger partial charge in [-0.25, -0.2) is 5.43 Å². The van der Waals surface area contributed by atoms with Gasteiger partial charge < -0.3 is 19.3 Å².